The SMILES string of the molecule is COc1cc(OC(C)=O)c2c(c1)O[C@H](c1ccc(OC(C)=O)cc1)CC2=O. The molecule has 27 heavy (non-hydrogen) atoms. The average Bonchev–Trinajstić information content (AvgIpc) is 2.60. The summed E-state index contributed by atoms with van der Waals surface area (Å²) in [6.45, 7) is 2.58. The summed E-state index contributed by atoms with van der Waals surface area (Å²) in [6, 6.07) is 9.80. The maximum absolute atomic E-state index is 12.7. The Labute approximate surface area is 155 Å². The third-order valence-corrected chi connectivity index (χ3v) is 3.96. The normalized spacial score (nSPS) is 15.4. The standard InChI is InChI=1S/C20H18O7/c1-11(21)25-14-6-4-13(5-7-14)17-10-16(23)20-18(26-12(2)22)8-15(24-3)9-19(20)27-17/h4-9,17H,10H2,1-3H3/t17-/m0/s1. The van der Waals surface area contributed by atoms with E-state index in [1.807, 2.05) is 0 Å². The zero-order chi connectivity index (χ0) is 19.6. The summed E-state index contributed by atoms with van der Waals surface area (Å²) in [4.78, 5) is 35.1. The quantitative estimate of drug-likeness (QED) is 0.603. The van der Waals surface area contributed by atoms with E-state index in [-0.39, 0.29) is 29.3 Å². The Morgan fingerprint density at radius 2 is 1.67 bits per heavy atom. The number of carbonyl (C=O) groups is 3. The van der Waals surface area contributed by atoms with Gasteiger partial charge in [-0.1, -0.05) is 12.1 Å². The highest BCUT2D eigenvalue weighted by Gasteiger charge is 2.32. The van der Waals surface area contributed by atoms with Crippen molar-refractivity contribution in [2.24, 2.45) is 0 Å². The van der Waals surface area contributed by atoms with Crippen LogP contribution in [0.3, 0.4) is 0 Å². The molecule has 1 heterocycles. The summed E-state index contributed by atoms with van der Waals surface area (Å²) in [5.41, 5.74) is 0.973. The molecule has 0 bridgehead atoms. The van der Waals surface area contributed by atoms with Crippen LogP contribution in [-0.4, -0.2) is 24.8 Å². The molecular weight excluding hydrogens is 352 g/mol. The van der Waals surface area contributed by atoms with Gasteiger partial charge >= 0.3 is 11.9 Å². The van der Waals surface area contributed by atoms with Crippen LogP contribution in [0.2, 0.25) is 0 Å². The maximum atomic E-state index is 12.7. The van der Waals surface area contributed by atoms with Crippen molar-refractivity contribution in [3.8, 4) is 23.0 Å². The van der Waals surface area contributed by atoms with Gasteiger partial charge in [-0.05, 0) is 17.7 Å². The summed E-state index contributed by atoms with van der Waals surface area (Å²) in [5.74, 6) is 0.0641. The van der Waals surface area contributed by atoms with Crippen LogP contribution in [0.25, 0.3) is 0 Å². The van der Waals surface area contributed by atoms with E-state index in [9.17, 15) is 14.4 Å². The number of ketones is 1. The van der Waals surface area contributed by atoms with Crippen LogP contribution in [0.15, 0.2) is 36.4 Å². The van der Waals surface area contributed by atoms with Gasteiger partial charge in [-0.15, -0.1) is 0 Å². The van der Waals surface area contributed by atoms with Gasteiger partial charge in [0.25, 0.3) is 0 Å². The molecule has 0 saturated heterocycles. The minimum Gasteiger partial charge on any atom is -0.496 e. The van der Waals surface area contributed by atoms with Gasteiger partial charge in [0.15, 0.2) is 5.78 Å². The van der Waals surface area contributed by atoms with Crippen LogP contribution in [0.4, 0.5) is 0 Å². The Kier molecular flexibility index (Phi) is 5.12. The highest BCUT2D eigenvalue weighted by molar-refractivity contribution is 6.03. The van der Waals surface area contributed by atoms with E-state index >= 15 is 0 Å². The highest BCUT2D eigenvalue weighted by atomic mass is 16.5. The van der Waals surface area contributed by atoms with Gasteiger partial charge in [-0.3, -0.25) is 14.4 Å². The van der Waals surface area contributed by atoms with Crippen LogP contribution in [-0.2, 0) is 9.59 Å². The molecule has 0 spiro atoms. The minimum atomic E-state index is -0.540. The van der Waals surface area contributed by atoms with Crippen molar-refractivity contribution in [2.45, 2.75) is 26.4 Å². The van der Waals surface area contributed by atoms with Gasteiger partial charge in [0, 0.05) is 26.0 Å². The van der Waals surface area contributed by atoms with E-state index in [0.29, 0.717) is 11.5 Å². The van der Waals surface area contributed by atoms with Crippen LogP contribution < -0.4 is 18.9 Å². The van der Waals surface area contributed by atoms with Crippen molar-refractivity contribution >= 4 is 17.7 Å². The van der Waals surface area contributed by atoms with Crippen molar-refractivity contribution in [2.75, 3.05) is 7.11 Å². The number of ether oxygens (including phenoxy) is 4. The third-order valence-electron chi connectivity index (χ3n) is 3.96. The molecule has 3 rings (SSSR count). The molecule has 140 valence electrons. The largest absolute Gasteiger partial charge is 0.496 e. The van der Waals surface area contributed by atoms with Gasteiger partial charge in [0.2, 0.25) is 0 Å². The number of carbonyl (C=O) groups excluding carboxylic acids is 3. The molecule has 0 radical (unpaired) electrons. The Morgan fingerprint density at radius 1 is 1.00 bits per heavy atom. The smallest absolute Gasteiger partial charge is 0.308 e. The summed E-state index contributed by atoms with van der Waals surface area (Å²) in [7, 11) is 1.47. The molecule has 7 nitrogen and oxygen atoms in total. The van der Waals surface area contributed by atoms with E-state index in [4.69, 9.17) is 18.9 Å². The molecule has 7 heteroatoms. The second-order valence-electron chi connectivity index (χ2n) is 5.99. The molecule has 1 aliphatic rings. The fraction of sp³-hybridized carbons (Fsp3) is 0.250. The maximum Gasteiger partial charge on any atom is 0.308 e. The number of methoxy groups -OCH3 is 1. The lowest BCUT2D eigenvalue weighted by Crippen LogP contribution is -2.22. The number of rotatable bonds is 4. The Morgan fingerprint density at radius 3 is 2.26 bits per heavy atom. The van der Waals surface area contributed by atoms with E-state index in [2.05, 4.69) is 0 Å². The van der Waals surface area contributed by atoms with E-state index in [1.54, 1.807) is 30.3 Å². The van der Waals surface area contributed by atoms with Crippen molar-refractivity contribution in [1.29, 1.82) is 0 Å². The first kappa shape index (κ1) is 18.4. The molecular formula is C20H18O7. The molecule has 0 saturated carbocycles. The molecule has 0 unspecified atom stereocenters. The minimum absolute atomic E-state index is 0.0838. The number of fused-ring (bicyclic) bond motifs is 1. The predicted molar refractivity (Wildman–Crippen MR) is 94.4 cm³/mol. The Bertz CT molecular complexity index is 899. The average molecular weight is 370 g/mol. The second kappa shape index (κ2) is 7.49. The number of hydrogen-bond acceptors (Lipinski definition) is 7. The van der Waals surface area contributed by atoms with Gasteiger partial charge in [-0.25, -0.2) is 0 Å². The second-order valence-corrected chi connectivity index (χ2v) is 5.99. The van der Waals surface area contributed by atoms with Gasteiger partial charge in [0.1, 0.15) is 34.7 Å². The van der Waals surface area contributed by atoms with Crippen LogP contribution in [0, 0.1) is 0 Å². The lowest BCUT2D eigenvalue weighted by molar-refractivity contribution is -0.132. The molecule has 1 atom stereocenters. The first-order valence-electron chi connectivity index (χ1n) is 8.26. The summed E-state index contributed by atoms with van der Waals surface area (Å²) < 4.78 is 21.3. The Balaban J connectivity index is 1.92. The van der Waals surface area contributed by atoms with Crippen molar-refractivity contribution in [3.63, 3.8) is 0 Å². The lowest BCUT2D eigenvalue weighted by atomic mass is 9.95. The number of Topliss-reactive ketones (excluding diaryl/α,β-unsaturated/α-hetero) is 1. The number of benzene rings is 2. The third kappa shape index (κ3) is 4.08. The summed E-state index contributed by atoms with van der Waals surface area (Å²) in [6.07, 6.45) is -0.436. The van der Waals surface area contributed by atoms with Crippen molar-refractivity contribution in [3.05, 3.63) is 47.5 Å². The molecule has 0 aromatic heterocycles. The first-order chi connectivity index (χ1) is 12.9. The van der Waals surface area contributed by atoms with E-state index < -0.39 is 18.0 Å². The van der Waals surface area contributed by atoms with Gasteiger partial charge in [-0.2, -0.15) is 0 Å². The molecule has 0 fully saturated rings. The molecule has 0 N–H and O–H groups in total. The van der Waals surface area contributed by atoms with Crippen molar-refractivity contribution in [1.82, 2.24) is 0 Å². The summed E-state index contributed by atoms with van der Waals surface area (Å²) >= 11 is 0. The molecule has 2 aromatic carbocycles. The number of esters is 2. The monoisotopic (exact) mass is 370 g/mol. The highest BCUT2D eigenvalue weighted by Crippen LogP contribution is 2.42. The van der Waals surface area contributed by atoms with Gasteiger partial charge in [0.05, 0.1) is 13.5 Å². The van der Waals surface area contributed by atoms with Crippen molar-refractivity contribution < 1.29 is 33.3 Å². The molecule has 0 aliphatic carbocycles. The molecule has 1 aliphatic heterocycles. The lowest BCUT2D eigenvalue weighted by Gasteiger charge is -2.27. The van der Waals surface area contributed by atoms with Crippen LogP contribution >= 0.6 is 0 Å². The summed E-state index contributed by atoms with van der Waals surface area (Å²) in [5, 5.41) is 0. The zero-order valence-electron chi connectivity index (χ0n) is 15.1. The number of hydrogen-bond donors (Lipinski definition) is 0. The van der Waals surface area contributed by atoms with E-state index in [0.717, 1.165) is 5.56 Å². The molecule has 2 aromatic rings. The topological polar surface area (TPSA) is 88.1 Å². The van der Waals surface area contributed by atoms with Crippen LogP contribution in [0.5, 0.6) is 23.0 Å². The van der Waals surface area contributed by atoms with Gasteiger partial charge < -0.3 is 18.9 Å². The molecule has 0 amide bonds. The first-order valence-corrected chi connectivity index (χ1v) is 8.26. The Hall–Kier alpha value is -3.35. The fourth-order valence-corrected chi connectivity index (χ4v) is 2.85. The fourth-order valence-electron chi connectivity index (χ4n) is 2.85. The predicted octanol–water partition coefficient (Wildman–Crippen LogP) is 3.25. The van der Waals surface area contributed by atoms with E-state index in [1.165, 1.54) is 27.0 Å². The van der Waals surface area contributed by atoms with Crippen LogP contribution in [0.1, 0.15) is 42.3 Å². The zero-order valence-corrected chi connectivity index (χ0v) is 15.1.